The number of piperidine rings is 1. The Bertz CT molecular complexity index is 602. The van der Waals surface area contributed by atoms with E-state index in [0.717, 1.165) is 70.5 Å². The Morgan fingerprint density at radius 1 is 1.22 bits per heavy atom. The average molecular weight is 373 g/mol. The van der Waals surface area contributed by atoms with Crippen molar-refractivity contribution in [2.75, 3.05) is 37.6 Å². The van der Waals surface area contributed by atoms with Gasteiger partial charge in [0.1, 0.15) is 0 Å². The molecule has 1 saturated heterocycles. The molecule has 2 aliphatic rings. The van der Waals surface area contributed by atoms with Crippen LogP contribution in [0.3, 0.4) is 0 Å². The summed E-state index contributed by atoms with van der Waals surface area (Å²) in [6, 6.07) is 6.62. The van der Waals surface area contributed by atoms with Crippen molar-refractivity contribution in [2.24, 2.45) is 5.73 Å². The number of amides is 1. The number of anilines is 1. The van der Waals surface area contributed by atoms with Crippen LogP contribution in [0.25, 0.3) is 0 Å². The summed E-state index contributed by atoms with van der Waals surface area (Å²) in [5.74, 6) is 0.219. The lowest BCUT2D eigenvalue weighted by molar-refractivity contribution is 0.0675. The second-order valence-corrected chi connectivity index (χ2v) is 7.93. The average Bonchev–Trinajstić information content (AvgIpc) is 3.05. The molecule has 3 rings (SSSR count). The molecule has 1 fully saturated rings. The summed E-state index contributed by atoms with van der Waals surface area (Å²) in [5.41, 5.74) is 9.12. The number of unbranched alkanes of at least 4 members (excludes halogenated alkanes) is 3. The molecule has 3 N–H and O–H groups in total. The predicted octanol–water partition coefficient (Wildman–Crippen LogP) is 3.13. The molecule has 5 heteroatoms. The number of nitrogens with one attached hydrogen (secondary N) is 1. The third-order valence-corrected chi connectivity index (χ3v) is 5.94. The second-order valence-electron chi connectivity index (χ2n) is 7.93. The van der Waals surface area contributed by atoms with E-state index >= 15 is 0 Å². The largest absolute Gasteiger partial charge is 0.371 e. The summed E-state index contributed by atoms with van der Waals surface area (Å²) < 4.78 is 0. The van der Waals surface area contributed by atoms with Crippen molar-refractivity contribution >= 4 is 11.6 Å². The number of hydrogen-bond acceptors (Lipinski definition) is 4. The van der Waals surface area contributed by atoms with E-state index < -0.39 is 0 Å². The topological polar surface area (TPSA) is 61.6 Å². The van der Waals surface area contributed by atoms with Crippen molar-refractivity contribution in [3.8, 4) is 0 Å². The molecule has 0 aliphatic carbocycles. The van der Waals surface area contributed by atoms with Gasteiger partial charge >= 0.3 is 0 Å². The molecule has 1 unspecified atom stereocenters. The van der Waals surface area contributed by atoms with Crippen LogP contribution in [0.5, 0.6) is 0 Å². The fourth-order valence-corrected chi connectivity index (χ4v) is 4.38. The Hall–Kier alpha value is -1.59. The van der Waals surface area contributed by atoms with Crippen LogP contribution in [-0.4, -0.2) is 49.6 Å². The molecule has 0 bridgehead atoms. The highest BCUT2D eigenvalue weighted by molar-refractivity contribution is 6.00. The third-order valence-electron chi connectivity index (χ3n) is 5.94. The van der Waals surface area contributed by atoms with Gasteiger partial charge in [-0.2, -0.15) is 0 Å². The van der Waals surface area contributed by atoms with Crippen molar-refractivity contribution in [2.45, 2.75) is 64.5 Å². The van der Waals surface area contributed by atoms with Crippen molar-refractivity contribution in [1.82, 2.24) is 10.2 Å². The maximum absolute atomic E-state index is 13.1. The van der Waals surface area contributed by atoms with E-state index in [0.29, 0.717) is 6.04 Å². The van der Waals surface area contributed by atoms with Gasteiger partial charge in [-0.15, -0.1) is 0 Å². The number of hydrogen-bond donors (Lipinski definition) is 2. The van der Waals surface area contributed by atoms with Crippen LogP contribution >= 0.6 is 0 Å². The van der Waals surface area contributed by atoms with E-state index in [1.165, 1.54) is 30.5 Å². The summed E-state index contributed by atoms with van der Waals surface area (Å²) in [7, 11) is 0. The van der Waals surface area contributed by atoms with Crippen LogP contribution in [0.4, 0.5) is 5.69 Å². The summed E-state index contributed by atoms with van der Waals surface area (Å²) in [6.07, 6.45) is 8.10. The van der Waals surface area contributed by atoms with Crippen molar-refractivity contribution in [3.05, 3.63) is 29.3 Å². The monoisotopic (exact) mass is 372 g/mol. The van der Waals surface area contributed by atoms with Gasteiger partial charge in [0.2, 0.25) is 0 Å². The first-order valence-electron chi connectivity index (χ1n) is 10.8. The normalized spacial score (nSPS) is 19.4. The Morgan fingerprint density at radius 2 is 2.04 bits per heavy atom. The molecule has 1 aromatic carbocycles. The molecular formula is C22H36N4O. The molecule has 1 atom stereocenters. The first-order chi connectivity index (χ1) is 13.3. The van der Waals surface area contributed by atoms with E-state index in [9.17, 15) is 4.79 Å². The maximum atomic E-state index is 13.1. The van der Waals surface area contributed by atoms with Crippen LogP contribution in [0.1, 0.15) is 67.8 Å². The van der Waals surface area contributed by atoms with E-state index in [1.54, 1.807) is 0 Å². The summed E-state index contributed by atoms with van der Waals surface area (Å²) in [5, 5.41) is 3.45. The van der Waals surface area contributed by atoms with Crippen LogP contribution < -0.4 is 16.0 Å². The van der Waals surface area contributed by atoms with Gasteiger partial charge in [0, 0.05) is 49.0 Å². The van der Waals surface area contributed by atoms with Crippen molar-refractivity contribution < 1.29 is 4.79 Å². The predicted molar refractivity (Wildman–Crippen MR) is 112 cm³/mol. The number of nitrogens with two attached hydrogens (primary N) is 1. The first kappa shape index (κ1) is 20.2. The minimum absolute atomic E-state index is 0.219. The molecule has 0 radical (unpaired) electrons. The smallest absolute Gasteiger partial charge is 0.254 e. The zero-order chi connectivity index (χ0) is 19.1. The SMILES string of the molecule is CCCCCN(CCCCN)c1cccc2c1CN(C1CCCNC1)C2=O. The van der Waals surface area contributed by atoms with Gasteiger partial charge in [-0.05, 0) is 57.3 Å². The lowest BCUT2D eigenvalue weighted by Crippen LogP contribution is -2.46. The molecule has 150 valence electrons. The number of rotatable bonds is 10. The fraction of sp³-hybridized carbons (Fsp3) is 0.682. The summed E-state index contributed by atoms with van der Waals surface area (Å²) in [4.78, 5) is 17.7. The zero-order valence-corrected chi connectivity index (χ0v) is 16.9. The molecule has 2 heterocycles. The van der Waals surface area contributed by atoms with E-state index in [4.69, 9.17) is 5.73 Å². The Labute approximate surface area is 164 Å². The highest BCUT2D eigenvalue weighted by Gasteiger charge is 2.35. The van der Waals surface area contributed by atoms with Gasteiger partial charge in [0.25, 0.3) is 5.91 Å². The number of carbonyl (C=O) groups is 1. The van der Waals surface area contributed by atoms with E-state index in [2.05, 4.69) is 34.2 Å². The van der Waals surface area contributed by atoms with E-state index in [1.807, 2.05) is 6.07 Å². The lowest BCUT2D eigenvalue weighted by Gasteiger charge is -2.32. The molecule has 1 amide bonds. The molecule has 0 spiro atoms. The highest BCUT2D eigenvalue weighted by atomic mass is 16.2. The molecule has 0 saturated carbocycles. The number of nitrogens with zero attached hydrogens (tertiary/aromatic N) is 2. The van der Waals surface area contributed by atoms with Crippen molar-refractivity contribution in [3.63, 3.8) is 0 Å². The fourth-order valence-electron chi connectivity index (χ4n) is 4.38. The van der Waals surface area contributed by atoms with Crippen LogP contribution in [0.2, 0.25) is 0 Å². The highest BCUT2D eigenvalue weighted by Crippen LogP contribution is 2.34. The van der Waals surface area contributed by atoms with Gasteiger partial charge in [-0.25, -0.2) is 0 Å². The molecular weight excluding hydrogens is 336 g/mol. The third kappa shape index (κ3) is 4.82. The standard InChI is InChI=1S/C22H36N4O/c1-2-3-5-14-25(15-6-4-12-23)21-11-7-10-19-20(21)17-26(22(19)27)18-9-8-13-24-16-18/h7,10-11,18,24H,2-6,8-9,12-17,23H2,1H3. The minimum atomic E-state index is 0.219. The van der Waals surface area contributed by atoms with Gasteiger partial charge in [0.15, 0.2) is 0 Å². The molecule has 1 aromatic rings. The van der Waals surface area contributed by atoms with Crippen LogP contribution in [0, 0.1) is 0 Å². The van der Waals surface area contributed by atoms with Gasteiger partial charge in [-0.1, -0.05) is 25.8 Å². The Balaban J connectivity index is 1.78. The van der Waals surface area contributed by atoms with Gasteiger partial charge in [0.05, 0.1) is 0 Å². The quantitative estimate of drug-likeness (QED) is 0.620. The Morgan fingerprint density at radius 3 is 2.74 bits per heavy atom. The van der Waals surface area contributed by atoms with Gasteiger partial charge < -0.3 is 20.9 Å². The molecule has 5 nitrogen and oxygen atoms in total. The summed E-state index contributed by atoms with van der Waals surface area (Å²) >= 11 is 0. The zero-order valence-electron chi connectivity index (χ0n) is 16.9. The summed E-state index contributed by atoms with van der Waals surface area (Å²) in [6.45, 7) is 7.83. The maximum Gasteiger partial charge on any atom is 0.254 e. The molecule has 27 heavy (non-hydrogen) atoms. The van der Waals surface area contributed by atoms with Crippen LogP contribution in [-0.2, 0) is 6.54 Å². The van der Waals surface area contributed by atoms with Crippen molar-refractivity contribution in [1.29, 1.82) is 0 Å². The molecule has 0 aromatic heterocycles. The lowest BCUT2D eigenvalue weighted by atomic mass is 10.1. The number of benzene rings is 1. The van der Waals surface area contributed by atoms with Crippen LogP contribution in [0.15, 0.2) is 18.2 Å². The van der Waals surface area contributed by atoms with E-state index in [-0.39, 0.29) is 5.91 Å². The minimum Gasteiger partial charge on any atom is -0.371 e. The van der Waals surface area contributed by atoms with Gasteiger partial charge in [-0.3, -0.25) is 4.79 Å². The second kappa shape index (κ2) is 10.1. The number of fused-ring (bicyclic) bond motifs is 1. The Kier molecular flexibility index (Phi) is 7.53. The molecule has 2 aliphatic heterocycles. The number of carbonyl (C=O) groups excluding carboxylic acids is 1. The first-order valence-corrected chi connectivity index (χ1v) is 10.8.